The summed E-state index contributed by atoms with van der Waals surface area (Å²) in [6, 6.07) is 12.1. The molecule has 30 heavy (non-hydrogen) atoms. The highest BCUT2D eigenvalue weighted by Gasteiger charge is 2.18. The van der Waals surface area contributed by atoms with Crippen LogP contribution in [0.15, 0.2) is 36.4 Å². The summed E-state index contributed by atoms with van der Waals surface area (Å²) in [4.78, 5) is 17.7. The lowest BCUT2D eigenvalue weighted by atomic mass is 9.92. The van der Waals surface area contributed by atoms with Gasteiger partial charge < -0.3 is 5.32 Å². The minimum atomic E-state index is -0.143. The van der Waals surface area contributed by atoms with E-state index in [0.717, 1.165) is 34.7 Å². The summed E-state index contributed by atoms with van der Waals surface area (Å²) in [6.45, 7) is 5.98. The van der Waals surface area contributed by atoms with Crippen LogP contribution in [-0.2, 0) is 12.8 Å². The van der Waals surface area contributed by atoms with Crippen LogP contribution in [0, 0.1) is 20.8 Å². The van der Waals surface area contributed by atoms with Crippen LogP contribution in [0.1, 0.15) is 51.1 Å². The maximum Gasteiger partial charge on any atom is 0.256 e. The predicted molar refractivity (Wildman–Crippen MR) is 122 cm³/mol. The van der Waals surface area contributed by atoms with Crippen molar-refractivity contribution in [2.24, 2.45) is 0 Å². The number of carbonyl (C=O) groups is 1. The van der Waals surface area contributed by atoms with Gasteiger partial charge in [-0.25, -0.2) is 4.98 Å². The van der Waals surface area contributed by atoms with E-state index in [0.29, 0.717) is 11.4 Å². The number of nitrogens with one attached hydrogen (secondary N) is 1. The number of hydrogen-bond donors (Lipinski definition) is 1. The quantitative estimate of drug-likeness (QED) is 0.477. The maximum absolute atomic E-state index is 12.8. The molecule has 0 radical (unpaired) electrons. The standard InChI is InChI=1S/C24H24N4OS/c1-14-8-9-19(10-15(14)2)23(29)26-22-11-16(3)27-28(22)24-25-20-12-17-6-4-5-7-18(17)13-21(20)30-24/h8-13H,4-7H2,1-3H3,(H,26,29). The zero-order valence-corrected chi connectivity index (χ0v) is 18.3. The Morgan fingerprint density at radius 1 is 1.00 bits per heavy atom. The smallest absolute Gasteiger partial charge is 0.256 e. The average molecular weight is 417 g/mol. The lowest BCUT2D eigenvalue weighted by molar-refractivity contribution is 0.102. The topological polar surface area (TPSA) is 59.8 Å². The molecule has 5 nitrogen and oxygen atoms in total. The van der Waals surface area contributed by atoms with Crippen LogP contribution in [0.3, 0.4) is 0 Å². The summed E-state index contributed by atoms with van der Waals surface area (Å²) < 4.78 is 2.92. The summed E-state index contributed by atoms with van der Waals surface area (Å²) in [7, 11) is 0. The number of rotatable bonds is 3. The van der Waals surface area contributed by atoms with Crippen molar-refractivity contribution < 1.29 is 4.79 Å². The van der Waals surface area contributed by atoms with E-state index < -0.39 is 0 Å². The Morgan fingerprint density at radius 3 is 2.53 bits per heavy atom. The van der Waals surface area contributed by atoms with Crippen molar-refractivity contribution in [3.8, 4) is 5.13 Å². The minimum absolute atomic E-state index is 0.143. The second-order valence-corrected chi connectivity index (χ2v) is 9.14. The van der Waals surface area contributed by atoms with E-state index in [-0.39, 0.29) is 5.91 Å². The van der Waals surface area contributed by atoms with E-state index in [4.69, 9.17) is 4.98 Å². The van der Waals surface area contributed by atoms with Crippen molar-refractivity contribution in [2.75, 3.05) is 5.32 Å². The normalized spacial score (nSPS) is 13.4. The molecule has 2 heterocycles. The zero-order valence-electron chi connectivity index (χ0n) is 17.5. The first kappa shape index (κ1) is 19.0. The first-order valence-corrected chi connectivity index (χ1v) is 11.2. The van der Waals surface area contributed by atoms with Gasteiger partial charge in [0.05, 0.1) is 15.9 Å². The van der Waals surface area contributed by atoms with Crippen LogP contribution in [-0.4, -0.2) is 20.7 Å². The fraction of sp³-hybridized carbons (Fsp3) is 0.292. The van der Waals surface area contributed by atoms with Gasteiger partial charge in [0.2, 0.25) is 5.13 Å². The summed E-state index contributed by atoms with van der Waals surface area (Å²) in [5.74, 6) is 0.496. The number of benzene rings is 2. The van der Waals surface area contributed by atoms with Gasteiger partial charge in [0.25, 0.3) is 5.91 Å². The van der Waals surface area contributed by atoms with Gasteiger partial charge in [-0.05, 0) is 93.0 Å². The van der Waals surface area contributed by atoms with Gasteiger partial charge in [0.15, 0.2) is 0 Å². The average Bonchev–Trinajstić information content (AvgIpc) is 3.30. The summed E-state index contributed by atoms with van der Waals surface area (Å²) in [6.07, 6.45) is 4.80. The lowest BCUT2D eigenvalue weighted by Crippen LogP contribution is -2.15. The number of thiazole rings is 1. The fourth-order valence-corrected chi connectivity index (χ4v) is 5.02. The maximum atomic E-state index is 12.8. The van der Waals surface area contributed by atoms with E-state index in [1.165, 1.54) is 34.2 Å². The molecule has 5 rings (SSSR count). The van der Waals surface area contributed by atoms with Crippen molar-refractivity contribution in [3.63, 3.8) is 0 Å². The highest BCUT2D eigenvalue weighted by Crippen LogP contribution is 2.32. The third-order valence-electron chi connectivity index (χ3n) is 5.86. The van der Waals surface area contributed by atoms with Crippen molar-refractivity contribution in [1.29, 1.82) is 0 Å². The number of aryl methyl sites for hydroxylation is 5. The number of fused-ring (bicyclic) bond motifs is 2. The van der Waals surface area contributed by atoms with Gasteiger partial charge in [-0.15, -0.1) is 0 Å². The first-order valence-electron chi connectivity index (χ1n) is 10.4. The summed E-state index contributed by atoms with van der Waals surface area (Å²) >= 11 is 1.62. The fourth-order valence-electron chi connectivity index (χ4n) is 4.04. The highest BCUT2D eigenvalue weighted by molar-refractivity contribution is 7.20. The second-order valence-electron chi connectivity index (χ2n) is 8.13. The molecule has 0 atom stereocenters. The van der Waals surface area contributed by atoms with Crippen molar-refractivity contribution in [2.45, 2.75) is 46.5 Å². The monoisotopic (exact) mass is 416 g/mol. The Balaban J connectivity index is 1.50. The van der Waals surface area contributed by atoms with E-state index >= 15 is 0 Å². The Kier molecular flexibility index (Phi) is 4.66. The van der Waals surface area contributed by atoms with E-state index in [1.807, 2.05) is 45.0 Å². The van der Waals surface area contributed by atoms with Crippen LogP contribution < -0.4 is 5.32 Å². The van der Waals surface area contributed by atoms with Crippen LogP contribution >= 0.6 is 11.3 Å². The molecule has 0 fully saturated rings. The van der Waals surface area contributed by atoms with Gasteiger partial charge in [0.1, 0.15) is 5.82 Å². The molecule has 6 heteroatoms. The molecule has 0 bridgehead atoms. The lowest BCUT2D eigenvalue weighted by Gasteiger charge is -2.14. The van der Waals surface area contributed by atoms with Crippen LogP contribution in [0.4, 0.5) is 5.82 Å². The van der Waals surface area contributed by atoms with E-state index in [2.05, 4.69) is 22.5 Å². The molecule has 2 aromatic carbocycles. The van der Waals surface area contributed by atoms with Gasteiger partial charge in [-0.3, -0.25) is 4.79 Å². The van der Waals surface area contributed by atoms with Gasteiger partial charge >= 0.3 is 0 Å². The highest BCUT2D eigenvalue weighted by atomic mass is 32.1. The van der Waals surface area contributed by atoms with Gasteiger partial charge in [-0.2, -0.15) is 9.78 Å². The molecule has 1 aliphatic carbocycles. The third-order valence-corrected chi connectivity index (χ3v) is 6.86. The minimum Gasteiger partial charge on any atom is -0.306 e. The molecule has 1 amide bonds. The Hall–Kier alpha value is -2.99. The molecule has 0 saturated carbocycles. The number of aromatic nitrogens is 3. The van der Waals surface area contributed by atoms with Crippen LogP contribution in [0.5, 0.6) is 0 Å². The SMILES string of the molecule is Cc1cc(NC(=O)c2ccc(C)c(C)c2)n(-c2nc3cc4c(cc3s2)CCCC4)n1. The number of hydrogen-bond acceptors (Lipinski definition) is 4. The second kappa shape index (κ2) is 7.36. The molecule has 2 aromatic heterocycles. The third kappa shape index (κ3) is 3.41. The zero-order chi connectivity index (χ0) is 20.8. The molecule has 0 aliphatic heterocycles. The van der Waals surface area contributed by atoms with Gasteiger partial charge in [0, 0.05) is 11.6 Å². The van der Waals surface area contributed by atoms with Gasteiger partial charge in [-0.1, -0.05) is 17.4 Å². The molecule has 4 aromatic rings. The van der Waals surface area contributed by atoms with Crippen molar-refractivity contribution >= 4 is 33.3 Å². The van der Waals surface area contributed by atoms with E-state index in [1.54, 1.807) is 16.0 Å². The molecule has 1 aliphatic rings. The molecule has 0 unspecified atom stereocenters. The molecular weight excluding hydrogens is 392 g/mol. The molecule has 1 N–H and O–H groups in total. The molecular formula is C24H24N4OS. The van der Waals surface area contributed by atoms with Crippen molar-refractivity contribution in [3.05, 3.63) is 69.9 Å². The Labute approximate surface area is 179 Å². The molecule has 152 valence electrons. The number of amides is 1. The number of nitrogens with zero attached hydrogens (tertiary/aromatic N) is 3. The van der Waals surface area contributed by atoms with E-state index in [9.17, 15) is 4.79 Å². The molecule has 0 saturated heterocycles. The number of carbonyl (C=O) groups excluding carboxylic acids is 1. The first-order chi connectivity index (χ1) is 14.5. The van der Waals surface area contributed by atoms with Crippen LogP contribution in [0.2, 0.25) is 0 Å². The van der Waals surface area contributed by atoms with Crippen molar-refractivity contribution in [1.82, 2.24) is 14.8 Å². The summed E-state index contributed by atoms with van der Waals surface area (Å²) in [5.41, 5.74) is 7.63. The predicted octanol–water partition coefficient (Wildman–Crippen LogP) is 5.54. The summed E-state index contributed by atoms with van der Waals surface area (Å²) in [5, 5.41) is 8.40. The van der Waals surface area contributed by atoms with Crippen LogP contribution in [0.25, 0.3) is 15.3 Å². The Bertz CT molecular complexity index is 1240. The molecule has 0 spiro atoms. The Morgan fingerprint density at radius 2 is 1.77 bits per heavy atom. The number of anilines is 1. The largest absolute Gasteiger partial charge is 0.306 e.